The second-order valence-electron chi connectivity index (χ2n) is 3.77. The predicted molar refractivity (Wildman–Crippen MR) is 74.0 cm³/mol. The second-order valence-corrected chi connectivity index (χ2v) is 4.58. The topological polar surface area (TPSA) is 114 Å². The van der Waals surface area contributed by atoms with Crippen LogP contribution in [0.4, 0.5) is 0 Å². The molecule has 0 unspecified atom stereocenters. The first-order chi connectivity index (χ1) is 9.85. The van der Waals surface area contributed by atoms with Crippen LogP contribution in [0.2, 0.25) is 10.0 Å². The zero-order chi connectivity index (χ0) is 15.7. The molecule has 0 radical (unpaired) electrons. The monoisotopic (exact) mass is 331 g/mol. The molecule has 0 saturated carbocycles. The molecule has 0 aliphatic heterocycles. The fourth-order valence-corrected chi connectivity index (χ4v) is 2.21. The van der Waals surface area contributed by atoms with Gasteiger partial charge in [-0.2, -0.15) is 9.78 Å². The Morgan fingerprint density at radius 2 is 1.90 bits per heavy atom. The maximum absolute atomic E-state index is 11.7. The highest BCUT2D eigenvalue weighted by atomic mass is 35.5. The van der Waals surface area contributed by atoms with Crippen molar-refractivity contribution in [3.05, 3.63) is 48.7 Å². The first kappa shape index (κ1) is 15.1. The third-order valence-corrected chi connectivity index (χ3v) is 3.02. The molecule has 0 spiro atoms. The van der Waals surface area contributed by atoms with Crippen molar-refractivity contribution in [2.24, 2.45) is 0 Å². The summed E-state index contributed by atoms with van der Waals surface area (Å²) in [5.74, 6) is -1.38. The van der Waals surface area contributed by atoms with Gasteiger partial charge in [0.1, 0.15) is 0 Å². The van der Waals surface area contributed by atoms with Gasteiger partial charge in [0, 0.05) is 0 Å². The molecule has 110 valence electrons. The molecule has 1 aromatic heterocycles. The number of H-pyrrole nitrogens is 1. The standard InChI is InChI=1S/C11H7Cl2N3O5/c1-21-8-5(12)2-4(3-6(8)13)16-11(20)14-9(17)7(15-16)10(18)19/h2-3H,1H3,(H,18,19)(H,14,17,20). The summed E-state index contributed by atoms with van der Waals surface area (Å²) in [6.07, 6.45) is 0. The van der Waals surface area contributed by atoms with Gasteiger partial charge in [-0.25, -0.2) is 9.59 Å². The molecule has 2 N–H and O–H groups in total. The lowest BCUT2D eigenvalue weighted by atomic mass is 10.3. The molecule has 0 aliphatic carbocycles. The zero-order valence-electron chi connectivity index (χ0n) is 10.4. The predicted octanol–water partition coefficient (Wildman–Crippen LogP) is 0.934. The van der Waals surface area contributed by atoms with E-state index in [4.69, 9.17) is 33.0 Å². The van der Waals surface area contributed by atoms with E-state index in [-0.39, 0.29) is 21.5 Å². The van der Waals surface area contributed by atoms with Gasteiger partial charge in [-0.1, -0.05) is 23.2 Å². The fourth-order valence-electron chi connectivity index (χ4n) is 1.58. The van der Waals surface area contributed by atoms with Crippen LogP contribution < -0.4 is 16.0 Å². The fraction of sp³-hybridized carbons (Fsp3) is 0.0909. The van der Waals surface area contributed by atoms with E-state index in [1.807, 2.05) is 4.98 Å². The number of nitrogens with one attached hydrogen (secondary N) is 1. The van der Waals surface area contributed by atoms with E-state index >= 15 is 0 Å². The average molecular weight is 332 g/mol. The summed E-state index contributed by atoms with van der Waals surface area (Å²) in [5, 5.41) is 12.5. The Morgan fingerprint density at radius 1 is 1.33 bits per heavy atom. The van der Waals surface area contributed by atoms with Crippen molar-refractivity contribution in [3.63, 3.8) is 0 Å². The molecular formula is C11H7Cl2N3O5. The molecule has 2 aromatic rings. The number of carboxylic acid groups (broad SMARTS) is 1. The number of hydrogen-bond acceptors (Lipinski definition) is 5. The maximum atomic E-state index is 11.7. The van der Waals surface area contributed by atoms with E-state index < -0.39 is 22.9 Å². The van der Waals surface area contributed by atoms with Gasteiger partial charge in [0.15, 0.2) is 5.75 Å². The molecular weight excluding hydrogens is 325 g/mol. The number of ether oxygens (including phenoxy) is 1. The van der Waals surface area contributed by atoms with Gasteiger partial charge < -0.3 is 9.84 Å². The molecule has 0 amide bonds. The summed E-state index contributed by atoms with van der Waals surface area (Å²) in [6.45, 7) is 0. The van der Waals surface area contributed by atoms with Crippen LogP contribution in [0.5, 0.6) is 5.75 Å². The number of methoxy groups -OCH3 is 1. The minimum atomic E-state index is -1.57. The molecule has 0 fully saturated rings. The van der Waals surface area contributed by atoms with Crippen LogP contribution in [0.3, 0.4) is 0 Å². The van der Waals surface area contributed by atoms with Crippen molar-refractivity contribution in [1.29, 1.82) is 0 Å². The minimum Gasteiger partial charge on any atom is -0.494 e. The van der Waals surface area contributed by atoms with Crippen molar-refractivity contribution in [2.75, 3.05) is 7.11 Å². The third kappa shape index (κ3) is 2.76. The number of carboxylic acids is 1. The lowest BCUT2D eigenvalue weighted by molar-refractivity contribution is 0.0685. The Morgan fingerprint density at radius 3 is 2.38 bits per heavy atom. The van der Waals surface area contributed by atoms with Gasteiger partial charge in [-0.15, -0.1) is 0 Å². The highest BCUT2D eigenvalue weighted by Crippen LogP contribution is 2.34. The van der Waals surface area contributed by atoms with Gasteiger partial charge in [0.05, 0.1) is 22.8 Å². The summed E-state index contributed by atoms with van der Waals surface area (Å²) in [6, 6.07) is 2.59. The van der Waals surface area contributed by atoms with Crippen LogP contribution in [0.15, 0.2) is 21.7 Å². The molecule has 10 heteroatoms. The Balaban J connectivity index is 2.73. The molecule has 0 atom stereocenters. The Labute approximate surface area is 126 Å². The van der Waals surface area contributed by atoms with E-state index in [1.165, 1.54) is 19.2 Å². The number of halogens is 2. The smallest absolute Gasteiger partial charge is 0.362 e. The number of aromatic carboxylic acids is 1. The molecule has 0 saturated heterocycles. The zero-order valence-corrected chi connectivity index (χ0v) is 11.9. The van der Waals surface area contributed by atoms with Crippen LogP contribution in [0, 0.1) is 0 Å². The van der Waals surface area contributed by atoms with Gasteiger partial charge in [-0.3, -0.25) is 9.78 Å². The Bertz CT molecular complexity index is 819. The minimum absolute atomic E-state index is 0.0783. The SMILES string of the molecule is COc1c(Cl)cc(-n2nc(C(=O)O)c(=O)[nH]c2=O)cc1Cl. The Kier molecular flexibility index (Phi) is 4.01. The quantitative estimate of drug-likeness (QED) is 0.864. The molecule has 8 nitrogen and oxygen atoms in total. The normalized spacial score (nSPS) is 10.4. The van der Waals surface area contributed by atoms with Crippen molar-refractivity contribution >= 4 is 29.2 Å². The van der Waals surface area contributed by atoms with Crippen LogP contribution in [0.25, 0.3) is 5.69 Å². The molecule has 0 aliphatic rings. The summed E-state index contributed by atoms with van der Waals surface area (Å²) < 4.78 is 5.62. The first-order valence-corrected chi connectivity index (χ1v) is 6.11. The number of carbonyl (C=O) groups is 1. The number of benzene rings is 1. The molecule has 21 heavy (non-hydrogen) atoms. The molecule has 1 aromatic carbocycles. The lowest BCUT2D eigenvalue weighted by Gasteiger charge is -2.09. The van der Waals surface area contributed by atoms with E-state index in [0.717, 1.165) is 0 Å². The summed E-state index contributed by atoms with van der Waals surface area (Å²) in [4.78, 5) is 35.8. The van der Waals surface area contributed by atoms with E-state index in [1.54, 1.807) is 0 Å². The molecule has 2 rings (SSSR count). The van der Waals surface area contributed by atoms with Crippen LogP contribution >= 0.6 is 23.2 Å². The number of rotatable bonds is 3. The molecule has 0 bridgehead atoms. The van der Waals surface area contributed by atoms with Crippen LogP contribution in [-0.4, -0.2) is 33.0 Å². The van der Waals surface area contributed by atoms with Crippen molar-refractivity contribution in [2.45, 2.75) is 0 Å². The number of hydrogen-bond donors (Lipinski definition) is 2. The van der Waals surface area contributed by atoms with E-state index in [9.17, 15) is 14.4 Å². The number of aromatic nitrogens is 3. The summed E-state index contributed by atoms with van der Waals surface area (Å²) in [5.41, 5.74) is -2.79. The van der Waals surface area contributed by atoms with Gasteiger partial charge >= 0.3 is 11.7 Å². The third-order valence-electron chi connectivity index (χ3n) is 2.46. The maximum Gasteiger partial charge on any atom is 0.362 e. The Hall–Kier alpha value is -2.32. The average Bonchev–Trinajstić information content (AvgIpc) is 2.37. The van der Waals surface area contributed by atoms with Gasteiger partial charge in [0.2, 0.25) is 5.69 Å². The highest BCUT2D eigenvalue weighted by molar-refractivity contribution is 6.37. The van der Waals surface area contributed by atoms with Crippen molar-refractivity contribution in [3.8, 4) is 11.4 Å². The highest BCUT2D eigenvalue weighted by Gasteiger charge is 2.16. The number of aromatic amines is 1. The van der Waals surface area contributed by atoms with Crippen LogP contribution in [-0.2, 0) is 0 Å². The van der Waals surface area contributed by atoms with Gasteiger partial charge in [0.25, 0.3) is 5.56 Å². The summed E-state index contributed by atoms with van der Waals surface area (Å²) >= 11 is 11.9. The van der Waals surface area contributed by atoms with E-state index in [2.05, 4.69) is 5.10 Å². The largest absolute Gasteiger partial charge is 0.494 e. The number of nitrogens with zero attached hydrogens (tertiary/aromatic N) is 2. The van der Waals surface area contributed by atoms with Gasteiger partial charge in [-0.05, 0) is 12.1 Å². The molecule has 1 heterocycles. The summed E-state index contributed by atoms with van der Waals surface area (Å²) in [7, 11) is 1.36. The van der Waals surface area contributed by atoms with E-state index in [0.29, 0.717) is 4.68 Å². The van der Waals surface area contributed by atoms with Crippen molar-refractivity contribution < 1.29 is 14.6 Å². The lowest BCUT2D eigenvalue weighted by Crippen LogP contribution is -2.35. The first-order valence-electron chi connectivity index (χ1n) is 5.35. The van der Waals surface area contributed by atoms with Crippen LogP contribution in [0.1, 0.15) is 10.5 Å². The second kappa shape index (κ2) is 5.58. The van der Waals surface area contributed by atoms with Crippen molar-refractivity contribution in [1.82, 2.24) is 14.8 Å².